The quantitative estimate of drug-likeness (QED) is 0.701. The van der Waals surface area contributed by atoms with Crippen LogP contribution in [0.25, 0.3) is 0 Å². The number of carboxylic acids is 1. The first-order valence-corrected chi connectivity index (χ1v) is 6.19. The number of rotatable bonds is 4. The third-order valence-corrected chi connectivity index (χ3v) is 2.90. The predicted octanol–water partition coefficient (Wildman–Crippen LogP) is 0.964. The number of hydrogen-bond donors (Lipinski definition) is 3. The molecule has 1 rings (SSSR count). The summed E-state index contributed by atoms with van der Waals surface area (Å²) < 4.78 is 5.36. The van der Waals surface area contributed by atoms with E-state index in [1.165, 1.54) is 0 Å². The highest BCUT2D eigenvalue weighted by Crippen LogP contribution is 2.19. The van der Waals surface area contributed by atoms with E-state index in [1.807, 2.05) is 0 Å². The van der Waals surface area contributed by atoms with E-state index in [-0.39, 0.29) is 6.10 Å². The van der Waals surface area contributed by atoms with Gasteiger partial charge in [-0.25, -0.2) is 9.59 Å². The van der Waals surface area contributed by atoms with Gasteiger partial charge >= 0.3 is 12.0 Å². The van der Waals surface area contributed by atoms with E-state index < -0.39 is 23.5 Å². The van der Waals surface area contributed by atoms with Crippen LogP contribution in [0.4, 0.5) is 4.79 Å². The summed E-state index contributed by atoms with van der Waals surface area (Å²) in [6.45, 7) is 6.46. The van der Waals surface area contributed by atoms with Gasteiger partial charge < -0.3 is 20.5 Å². The van der Waals surface area contributed by atoms with E-state index >= 15 is 0 Å². The standard InChI is InChI=1S/C12H22N2O4/c1-12(2,3)9(10(15)16)14-11(17)13-7-8-5-4-6-18-8/h8-9H,4-7H2,1-3H3,(H,15,16)(H2,13,14,17)/t8?,9-/m1/s1. The van der Waals surface area contributed by atoms with Gasteiger partial charge in [-0.05, 0) is 18.3 Å². The molecule has 1 unspecified atom stereocenters. The molecule has 0 radical (unpaired) electrons. The maximum atomic E-state index is 11.6. The fourth-order valence-electron chi connectivity index (χ4n) is 1.84. The fourth-order valence-corrected chi connectivity index (χ4v) is 1.84. The van der Waals surface area contributed by atoms with Crippen LogP contribution in [-0.2, 0) is 9.53 Å². The van der Waals surface area contributed by atoms with E-state index in [0.29, 0.717) is 6.54 Å². The first-order valence-electron chi connectivity index (χ1n) is 6.19. The smallest absolute Gasteiger partial charge is 0.326 e. The molecule has 1 heterocycles. The molecular formula is C12H22N2O4. The Balaban J connectivity index is 2.39. The van der Waals surface area contributed by atoms with Gasteiger partial charge in [-0.1, -0.05) is 20.8 Å². The monoisotopic (exact) mass is 258 g/mol. The van der Waals surface area contributed by atoms with Crippen molar-refractivity contribution in [3.05, 3.63) is 0 Å². The van der Waals surface area contributed by atoms with Gasteiger partial charge in [0.2, 0.25) is 0 Å². The van der Waals surface area contributed by atoms with Crippen LogP contribution in [-0.4, -0.2) is 42.4 Å². The van der Waals surface area contributed by atoms with Crippen molar-refractivity contribution in [3.8, 4) is 0 Å². The first kappa shape index (κ1) is 14.8. The van der Waals surface area contributed by atoms with Crippen molar-refractivity contribution in [2.24, 2.45) is 5.41 Å². The van der Waals surface area contributed by atoms with Gasteiger partial charge in [0.05, 0.1) is 6.10 Å². The third kappa shape index (κ3) is 4.52. The van der Waals surface area contributed by atoms with Crippen LogP contribution >= 0.6 is 0 Å². The van der Waals surface area contributed by atoms with Crippen molar-refractivity contribution in [2.45, 2.75) is 45.8 Å². The van der Waals surface area contributed by atoms with Gasteiger partial charge in [0.1, 0.15) is 6.04 Å². The highest BCUT2D eigenvalue weighted by atomic mass is 16.5. The van der Waals surface area contributed by atoms with Crippen LogP contribution in [0.2, 0.25) is 0 Å². The van der Waals surface area contributed by atoms with Crippen molar-refractivity contribution < 1.29 is 19.4 Å². The first-order chi connectivity index (χ1) is 8.30. The van der Waals surface area contributed by atoms with E-state index in [9.17, 15) is 9.59 Å². The highest BCUT2D eigenvalue weighted by Gasteiger charge is 2.32. The number of hydrogen-bond acceptors (Lipinski definition) is 3. The zero-order valence-electron chi connectivity index (χ0n) is 11.2. The third-order valence-electron chi connectivity index (χ3n) is 2.90. The van der Waals surface area contributed by atoms with Crippen molar-refractivity contribution >= 4 is 12.0 Å². The van der Waals surface area contributed by atoms with E-state index in [2.05, 4.69) is 10.6 Å². The van der Waals surface area contributed by atoms with E-state index in [1.54, 1.807) is 20.8 Å². The number of carbonyl (C=O) groups excluding carboxylic acids is 1. The second kappa shape index (κ2) is 6.04. The minimum atomic E-state index is -1.03. The maximum Gasteiger partial charge on any atom is 0.326 e. The number of ether oxygens (including phenoxy) is 1. The fraction of sp³-hybridized carbons (Fsp3) is 0.833. The average Bonchev–Trinajstić information content (AvgIpc) is 2.73. The topological polar surface area (TPSA) is 87.7 Å². The van der Waals surface area contributed by atoms with Crippen LogP contribution < -0.4 is 10.6 Å². The van der Waals surface area contributed by atoms with Crippen LogP contribution in [0.15, 0.2) is 0 Å². The number of urea groups is 1. The molecular weight excluding hydrogens is 236 g/mol. The highest BCUT2D eigenvalue weighted by molar-refractivity contribution is 5.83. The molecule has 0 spiro atoms. The second-order valence-electron chi connectivity index (χ2n) is 5.63. The molecule has 6 heteroatoms. The summed E-state index contributed by atoms with van der Waals surface area (Å²) in [6, 6.07) is -1.38. The van der Waals surface area contributed by atoms with Crippen molar-refractivity contribution in [1.29, 1.82) is 0 Å². The molecule has 2 amide bonds. The van der Waals surface area contributed by atoms with Crippen LogP contribution in [0, 0.1) is 5.41 Å². The molecule has 1 saturated heterocycles. The lowest BCUT2D eigenvalue weighted by Gasteiger charge is -2.27. The Morgan fingerprint density at radius 3 is 2.56 bits per heavy atom. The number of amides is 2. The number of carboxylic acid groups (broad SMARTS) is 1. The summed E-state index contributed by atoms with van der Waals surface area (Å²) in [5.74, 6) is -1.03. The van der Waals surface area contributed by atoms with Crippen LogP contribution in [0.3, 0.4) is 0 Å². The lowest BCUT2D eigenvalue weighted by Crippen LogP contribution is -2.53. The number of nitrogens with one attached hydrogen (secondary N) is 2. The minimum absolute atomic E-state index is 0.0497. The Kier molecular flexibility index (Phi) is 4.95. The molecule has 0 aliphatic carbocycles. The number of carbonyl (C=O) groups is 2. The molecule has 104 valence electrons. The molecule has 0 bridgehead atoms. The van der Waals surface area contributed by atoms with E-state index in [4.69, 9.17) is 9.84 Å². The largest absolute Gasteiger partial charge is 0.480 e. The van der Waals surface area contributed by atoms with Crippen molar-refractivity contribution in [1.82, 2.24) is 10.6 Å². The van der Waals surface area contributed by atoms with Crippen molar-refractivity contribution in [3.63, 3.8) is 0 Å². The predicted molar refractivity (Wildman–Crippen MR) is 66.4 cm³/mol. The summed E-state index contributed by atoms with van der Waals surface area (Å²) in [5.41, 5.74) is -0.535. The molecule has 0 aromatic rings. The lowest BCUT2D eigenvalue weighted by molar-refractivity contribution is -0.141. The molecule has 3 N–H and O–H groups in total. The molecule has 1 fully saturated rings. The van der Waals surface area contributed by atoms with Crippen LogP contribution in [0.1, 0.15) is 33.6 Å². The molecule has 1 aliphatic rings. The summed E-state index contributed by atoms with van der Waals surface area (Å²) in [5, 5.41) is 14.2. The zero-order valence-corrected chi connectivity index (χ0v) is 11.2. The van der Waals surface area contributed by atoms with Gasteiger partial charge in [0.25, 0.3) is 0 Å². The van der Waals surface area contributed by atoms with Crippen molar-refractivity contribution in [2.75, 3.05) is 13.2 Å². The Hall–Kier alpha value is -1.30. The molecule has 6 nitrogen and oxygen atoms in total. The van der Waals surface area contributed by atoms with Gasteiger partial charge in [0.15, 0.2) is 0 Å². The lowest BCUT2D eigenvalue weighted by atomic mass is 9.87. The zero-order chi connectivity index (χ0) is 13.8. The Morgan fingerprint density at radius 2 is 2.11 bits per heavy atom. The normalized spacial score (nSPS) is 21.4. The molecule has 0 aromatic heterocycles. The molecule has 1 aliphatic heterocycles. The number of aliphatic carboxylic acids is 1. The summed E-state index contributed by atoms with van der Waals surface area (Å²) in [6.07, 6.45) is 1.99. The summed E-state index contributed by atoms with van der Waals surface area (Å²) in [4.78, 5) is 22.7. The van der Waals surface area contributed by atoms with E-state index in [0.717, 1.165) is 19.4 Å². The Labute approximate surface area is 107 Å². The molecule has 0 saturated carbocycles. The minimum Gasteiger partial charge on any atom is -0.480 e. The molecule has 2 atom stereocenters. The SMILES string of the molecule is CC(C)(C)[C@H](NC(=O)NCC1CCCO1)C(=O)O. The molecule has 0 aromatic carbocycles. The van der Waals surface area contributed by atoms with Gasteiger partial charge in [0, 0.05) is 13.2 Å². The second-order valence-corrected chi connectivity index (χ2v) is 5.63. The Morgan fingerprint density at radius 1 is 1.44 bits per heavy atom. The van der Waals surface area contributed by atoms with Gasteiger partial charge in [-0.3, -0.25) is 0 Å². The maximum absolute atomic E-state index is 11.6. The van der Waals surface area contributed by atoms with Crippen LogP contribution in [0.5, 0.6) is 0 Å². The average molecular weight is 258 g/mol. The molecule has 18 heavy (non-hydrogen) atoms. The van der Waals surface area contributed by atoms with Gasteiger partial charge in [-0.2, -0.15) is 0 Å². The Bertz CT molecular complexity index is 306. The summed E-state index contributed by atoms with van der Waals surface area (Å²) >= 11 is 0. The van der Waals surface area contributed by atoms with Gasteiger partial charge in [-0.15, -0.1) is 0 Å². The summed E-state index contributed by atoms with van der Waals surface area (Å²) in [7, 11) is 0.